The van der Waals surface area contributed by atoms with Gasteiger partial charge in [0.15, 0.2) is 11.5 Å². The zero-order chi connectivity index (χ0) is 21.4. The van der Waals surface area contributed by atoms with Crippen molar-refractivity contribution in [3.63, 3.8) is 0 Å². The van der Waals surface area contributed by atoms with Gasteiger partial charge >= 0.3 is 7.60 Å². The van der Waals surface area contributed by atoms with E-state index in [0.717, 1.165) is 36.3 Å². The zero-order valence-corrected chi connectivity index (χ0v) is 18.3. The van der Waals surface area contributed by atoms with Crippen molar-refractivity contribution in [2.45, 2.75) is 39.4 Å². The second-order valence-electron chi connectivity index (χ2n) is 6.68. The SMILES string of the molecule is CCOP(=O)(Cc1cccc(OCCCCn2cnc3c(N)ncnc32)c1)OCC. The molecule has 0 atom stereocenters. The van der Waals surface area contributed by atoms with Crippen LogP contribution in [-0.2, 0) is 26.3 Å². The van der Waals surface area contributed by atoms with Crippen molar-refractivity contribution in [3.8, 4) is 5.75 Å². The fraction of sp³-hybridized carbons (Fsp3) is 0.450. The molecule has 0 unspecified atom stereocenters. The molecule has 0 fully saturated rings. The molecule has 2 aromatic heterocycles. The molecule has 0 bridgehead atoms. The molecule has 0 spiro atoms. The molecule has 9 nitrogen and oxygen atoms in total. The van der Waals surface area contributed by atoms with Crippen LogP contribution in [0, 0.1) is 0 Å². The number of rotatable bonds is 12. The number of anilines is 1. The lowest BCUT2D eigenvalue weighted by Gasteiger charge is -2.17. The van der Waals surface area contributed by atoms with E-state index in [1.54, 1.807) is 20.2 Å². The number of nitrogens with zero attached hydrogens (tertiary/aromatic N) is 4. The van der Waals surface area contributed by atoms with Gasteiger partial charge in [0.2, 0.25) is 0 Å². The molecule has 0 aliphatic carbocycles. The van der Waals surface area contributed by atoms with Crippen LogP contribution in [0.5, 0.6) is 5.75 Å². The van der Waals surface area contributed by atoms with Crippen LogP contribution in [0.15, 0.2) is 36.9 Å². The van der Waals surface area contributed by atoms with E-state index in [-0.39, 0.29) is 6.16 Å². The minimum Gasteiger partial charge on any atom is -0.494 e. The molecule has 0 radical (unpaired) electrons. The monoisotopic (exact) mass is 433 g/mol. The van der Waals surface area contributed by atoms with Crippen molar-refractivity contribution in [2.75, 3.05) is 25.6 Å². The number of nitrogens with two attached hydrogens (primary N) is 1. The van der Waals surface area contributed by atoms with Crippen molar-refractivity contribution < 1.29 is 18.3 Å². The molecule has 3 rings (SSSR count). The number of benzene rings is 1. The van der Waals surface area contributed by atoms with E-state index in [1.165, 1.54) is 6.33 Å². The average Bonchev–Trinajstić information content (AvgIpc) is 3.13. The molecule has 0 aliphatic rings. The van der Waals surface area contributed by atoms with Gasteiger partial charge in [0, 0.05) is 6.54 Å². The predicted molar refractivity (Wildman–Crippen MR) is 115 cm³/mol. The summed E-state index contributed by atoms with van der Waals surface area (Å²) in [6.07, 6.45) is 5.17. The van der Waals surface area contributed by atoms with Gasteiger partial charge in [-0.05, 0) is 44.4 Å². The van der Waals surface area contributed by atoms with Crippen LogP contribution >= 0.6 is 7.60 Å². The Labute approximate surface area is 176 Å². The molecular formula is C20H28N5O4P. The largest absolute Gasteiger partial charge is 0.494 e. The third-order valence-electron chi connectivity index (χ3n) is 4.42. The van der Waals surface area contributed by atoms with Crippen molar-refractivity contribution in [3.05, 3.63) is 42.5 Å². The number of aryl methyl sites for hydroxylation is 1. The van der Waals surface area contributed by atoms with Gasteiger partial charge in [-0.1, -0.05) is 12.1 Å². The normalized spacial score (nSPS) is 11.8. The summed E-state index contributed by atoms with van der Waals surface area (Å²) in [5.41, 5.74) is 8.04. The first-order chi connectivity index (χ1) is 14.5. The predicted octanol–water partition coefficient (Wildman–Crippen LogP) is 4.03. The Morgan fingerprint density at radius 3 is 2.67 bits per heavy atom. The summed E-state index contributed by atoms with van der Waals surface area (Å²) in [4.78, 5) is 12.5. The highest BCUT2D eigenvalue weighted by Gasteiger charge is 2.24. The Morgan fingerprint density at radius 1 is 1.10 bits per heavy atom. The van der Waals surface area contributed by atoms with Crippen LogP contribution in [0.3, 0.4) is 0 Å². The summed E-state index contributed by atoms with van der Waals surface area (Å²) in [6, 6.07) is 7.55. The fourth-order valence-electron chi connectivity index (χ4n) is 3.12. The third kappa shape index (κ3) is 5.78. The molecule has 30 heavy (non-hydrogen) atoms. The van der Waals surface area contributed by atoms with Gasteiger partial charge in [0.05, 0.1) is 32.3 Å². The molecule has 2 N–H and O–H groups in total. The number of fused-ring (bicyclic) bond motifs is 1. The number of unbranched alkanes of at least 4 members (excludes halogenated alkanes) is 1. The first-order valence-electron chi connectivity index (χ1n) is 10.1. The lowest BCUT2D eigenvalue weighted by Crippen LogP contribution is -2.03. The quantitative estimate of drug-likeness (QED) is 0.336. The maximum Gasteiger partial charge on any atom is 0.335 e. The smallest absolute Gasteiger partial charge is 0.335 e. The van der Waals surface area contributed by atoms with Crippen LogP contribution in [-0.4, -0.2) is 39.3 Å². The van der Waals surface area contributed by atoms with E-state index in [1.807, 2.05) is 28.8 Å². The molecule has 162 valence electrons. The summed E-state index contributed by atoms with van der Waals surface area (Å²) in [6.45, 7) is 5.64. The first-order valence-corrected chi connectivity index (χ1v) is 11.8. The molecule has 0 aliphatic heterocycles. The van der Waals surface area contributed by atoms with Crippen molar-refractivity contribution in [1.82, 2.24) is 19.5 Å². The number of imidazole rings is 1. The molecule has 10 heteroatoms. The zero-order valence-electron chi connectivity index (χ0n) is 17.4. The van der Waals surface area contributed by atoms with Gasteiger partial charge in [-0.2, -0.15) is 0 Å². The van der Waals surface area contributed by atoms with Crippen molar-refractivity contribution >= 4 is 24.6 Å². The molecule has 3 aromatic rings. The van der Waals surface area contributed by atoms with E-state index < -0.39 is 7.60 Å². The molecule has 2 heterocycles. The first kappa shape index (κ1) is 22.2. The van der Waals surface area contributed by atoms with Crippen LogP contribution in [0.1, 0.15) is 32.3 Å². The minimum absolute atomic E-state index is 0.227. The lowest BCUT2D eigenvalue weighted by atomic mass is 10.2. The van der Waals surface area contributed by atoms with Crippen LogP contribution < -0.4 is 10.5 Å². The highest BCUT2D eigenvalue weighted by atomic mass is 31.2. The second kappa shape index (κ2) is 10.5. The highest BCUT2D eigenvalue weighted by molar-refractivity contribution is 7.53. The number of ether oxygens (including phenoxy) is 1. The Kier molecular flexibility index (Phi) is 7.79. The number of hydrogen-bond acceptors (Lipinski definition) is 8. The van der Waals surface area contributed by atoms with Crippen molar-refractivity contribution in [1.29, 1.82) is 0 Å². The van der Waals surface area contributed by atoms with Crippen molar-refractivity contribution in [2.24, 2.45) is 0 Å². The maximum atomic E-state index is 12.7. The van der Waals surface area contributed by atoms with E-state index in [9.17, 15) is 4.57 Å². The summed E-state index contributed by atoms with van der Waals surface area (Å²) >= 11 is 0. The Hall–Kier alpha value is -2.48. The van der Waals surface area contributed by atoms with E-state index >= 15 is 0 Å². The van der Waals surface area contributed by atoms with Crippen LogP contribution in [0.25, 0.3) is 11.2 Å². The molecule has 0 saturated carbocycles. The van der Waals surface area contributed by atoms with E-state index in [4.69, 9.17) is 19.5 Å². The third-order valence-corrected chi connectivity index (χ3v) is 6.47. The summed E-state index contributed by atoms with van der Waals surface area (Å²) in [7, 11) is -3.13. The standard InChI is InChI=1S/C20H28N5O4P/c1-3-28-30(26,29-4-2)13-16-8-7-9-17(12-16)27-11-6-5-10-25-15-24-18-19(21)22-14-23-20(18)25/h7-9,12,14-15H,3-6,10-11,13H2,1-2H3,(H2,21,22,23). The average molecular weight is 433 g/mol. The number of aromatic nitrogens is 4. The molecule has 1 aromatic carbocycles. The van der Waals surface area contributed by atoms with Gasteiger partial charge in [0.25, 0.3) is 0 Å². The Balaban J connectivity index is 1.48. The lowest BCUT2D eigenvalue weighted by molar-refractivity contribution is 0.219. The summed E-state index contributed by atoms with van der Waals surface area (Å²) in [5.74, 6) is 1.13. The van der Waals surface area contributed by atoms with Crippen LogP contribution in [0.2, 0.25) is 0 Å². The second-order valence-corrected chi connectivity index (χ2v) is 8.73. The number of nitrogen functional groups attached to an aromatic ring is 1. The van der Waals surface area contributed by atoms with Gasteiger partial charge in [-0.15, -0.1) is 0 Å². The van der Waals surface area contributed by atoms with E-state index in [2.05, 4.69) is 15.0 Å². The molecule has 0 saturated heterocycles. The number of hydrogen-bond donors (Lipinski definition) is 1. The highest BCUT2D eigenvalue weighted by Crippen LogP contribution is 2.51. The maximum absolute atomic E-state index is 12.7. The fourth-order valence-corrected chi connectivity index (χ4v) is 4.80. The summed E-state index contributed by atoms with van der Waals surface area (Å²) in [5, 5.41) is 0. The van der Waals surface area contributed by atoms with Gasteiger partial charge in [-0.3, -0.25) is 4.57 Å². The van der Waals surface area contributed by atoms with Gasteiger partial charge < -0.3 is 24.1 Å². The summed E-state index contributed by atoms with van der Waals surface area (Å²) < 4.78 is 31.3. The molecular weight excluding hydrogens is 405 g/mol. The Morgan fingerprint density at radius 2 is 1.90 bits per heavy atom. The van der Waals surface area contributed by atoms with Gasteiger partial charge in [-0.25, -0.2) is 15.0 Å². The van der Waals surface area contributed by atoms with Gasteiger partial charge in [0.1, 0.15) is 17.6 Å². The minimum atomic E-state index is -3.13. The Bertz CT molecular complexity index is 1000. The van der Waals surface area contributed by atoms with E-state index in [0.29, 0.717) is 31.2 Å². The topological polar surface area (TPSA) is 114 Å². The molecule has 0 amide bonds. The van der Waals surface area contributed by atoms with Crippen LogP contribution in [0.4, 0.5) is 5.82 Å².